The van der Waals surface area contributed by atoms with E-state index in [0.29, 0.717) is 5.92 Å². The van der Waals surface area contributed by atoms with Crippen LogP contribution in [0.15, 0.2) is 22.7 Å². The number of hydrogen-bond acceptors (Lipinski definition) is 2. The molecule has 4 heteroatoms. The lowest BCUT2D eigenvalue weighted by atomic mass is 9.88. The standard InChI is InChI=1S/C12H15BrFNO/c13-11-7-9(14)1-2-10(11)12(15)8-3-5-16-6-4-8/h1-2,7-8,12H,3-6,15H2/t12-/m1/s1. The van der Waals surface area contributed by atoms with Gasteiger partial charge < -0.3 is 10.5 Å². The summed E-state index contributed by atoms with van der Waals surface area (Å²) in [4.78, 5) is 0. The van der Waals surface area contributed by atoms with Gasteiger partial charge in [-0.1, -0.05) is 22.0 Å². The molecule has 1 aromatic rings. The van der Waals surface area contributed by atoms with E-state index in [2.05, 4.69) is 15.9 Å². The third-order valence-corrected chi connectivity index (χ3v) is 3.78. The van der Waals surface area contributed by atoms with Gasteiger partial charge in [0, 0.05) is 23.7 Å². The van der Waals surface area contributed by atoms with Crippen LogP contribution in [0.5, 0.6) is 0 Å². The number of hydrogen-bond donors (Lipinski definition) is 1. The molecule has 0 amide bonds. The average Bonchev–Trinajstić information content (AvgIpc) is 2.29. The van der Waals surface area contributed by atoms with Gasteiger partial charge >= 0.3 is 0 Å². The lowest BCUT2D eigenvalue weighted by Crippen LogP contribution is -2.27. The lowest BCUT2D eigenvalue weighted by Gasteiger charge is -2.28. The third kappa shape index (κ3) is 2.62. The van der Waals surface area contributed by atoms with Crippen molar-refractivity contribution in [3.05, 3.63) is 34.1 Å². The highest BCUT2D eigenvalue weighted by molar-refractivity contribution is 9.10. The van der Waals surface area contributed by atoms with E-state index in [4.69, 9.17) is 10.5 Å². The smallest absolute Gasteiger partial charge is 0.124 e. The number of halogens is 2. The monoisotopic (exact) mass is 287 g/mol. The van der Waals surface area contributed by atoms with Crippen LogP contribution in [0.3, 0.4) is 0 Å². The molecule has 0 unspecified atom stereocenters. The molecule has 2 rings (SSSR count). The fraction of sp³-hybridized carbons (Fsp3) is 0.500. The maximum Gasteiger partial charge on any atom is 0.124 e. The first-order valence-electron chi connectivity index (χ1n) is 5.47. The number of ether oxygens (including phenoxy) is 1. The van der Waals surface area contributed by atoms with Gasteiger partial charge in [0.2, 0.25) is 0 Å². The molecule has 1 aliphatic rings. The molecule has 0 aromatic heterocycles. The Morgan fingerprint density at radius 3 is 2.69 bits per heavy atom. The van der Waals surface area contributed by atoms with Gasteiger partial charge in [-0.05, 0) is 36.5 Å². The van der Waals surface area contributed by atoms with Crippen molar-refractivity contribution in [2.75, 3.05) is 13.2 Å². The quantitative estimate of drug-likeness (QED) is 0.908. The van der Waals surface area contributed by atoms with E-state index >= 15 is 0 Å². The summed E-state index contributed by atoms with van der Waals surface area (Å²) in [7, 11) is 0. The molecule has 1 aromatic carbocycles. The predicted molar refractivity (Wildman–Crippen MR) is 64.6 cm³/mol. The van der Waals surface area contributed by atoms with Gasteiger partial charge in [-0.2, -0.15) is 0 Å². The molecule has 2 N–H and O–H groups in total. The van der Waals surface area contributed by atoms with Crippen molar-refractivity contribution in [3.8, 4) is 0 Å². The van der Waals surface area contributed by atoms with Gasteiger partial charge in [-0.15, -0.1) is 0 Å². The van der Waals surface area contributed by atoms with Crippen LogP contribution in [0.1, 0.15) is 24.4 Å². The minimum atomic E-state index is -0.241. The first-order valence-corrected chi connectivity index (χ1v) is 6.26. The zero-order valence-electron chi connectivity index (χ0n) is 8.96. The molecule has 1 aliphatic heterocycles. The molecule has 88 valence electrons. The molecule has 0 radical (unpaired) electrons. The third-order valence-electron chi connectivity index (χ3n) is 3.10. The van der Waals surface area contributed by atoms with Gasteiger partial charge in [0.05, 0.1) is 0 Å². The Hall–Kier alpha value is -0.450. The molecule has 1 atom stereocenters. The van der Waals surface area contributed by atoms with Crippen molar-refractivity contribution in [2.24, 2.45) is 11.7 Å². The summed E-state index contributed by atoms with van der Waals surface area (Å²) >= 11 is 3.36. The summed E-state index contributed by atoms with van der Waals surface area (Å²) in [6.45, 7) is 1.55. The van der Waals surface area contributed by atoms with Crippen molar-refractivity contribution in [1.82, 2.24) is 0 Å². The Balaban J connectivity index is 2.15. The number of nitrogens with two attached hydrogens (primary N) is 1. The van der Waals surface area contributed by atoms with Crippen molar-refractivity contribution < 1.29 is 9.13 Å². The fourth-order valence-corrected chi connectivity index (χ4v) is 2.72. The lowest BCUT2D eigenvalue weighted by molar-refractivity contribution is 0.0583. The second-order valence-corrected chi connectivity index (χ2v) is 5.00. The van der Waals surface area contributed by atoms with E-state index in [9.17, 15) is 4.39 Å². The summed E-state index contributed by atoms with van der Waals surface area (Å²) in [5, 5.41) is 0. The Morgan fingerprint density at radius 2 is 2.06 bits per heavy atom. The van der Waals surface area contributed by atoms with Crippen LogP contribution in [0.2, 0.25) is 0 Å². The average molecular weight is 288 g/mol. The molecule has 2 nitrogen and oxygen atoms in total. The first-order chi connectivity index (χ1) is 7.68. The minimum absolute atomic E-state index is 0.0427. The summed E-state index contributed by atoms with van der Waals surface area (Å²) in [6.07, 6.45) is 1.95. The van der Waals surface area contributed by atoms with E-state index in [1.807, 2.05) is 0 Å². The Labute approximate surface area is 103 Å². The van der Waals surface area contributed by atoms with Crippen molar-refractivity contribution >= 4 is 15.9 Å². The van der Waals surface area contributed by atoms with Gasteiger partial charge in [0.15, 0.2) is 0 Å². The molecule has 1 saturated heterocycles. The van der Waals surface area contributed by atoms with E-state index < -0.39 is 0 Å². The van der Waals surface area contributed by atoms with Crippen molar-refractivity contribution in [1.29, 1.82) is 0 Å². The molecule has 1 heterocycles. The van der Waals surface area contributed by atoms with Gasteiger partial charge in [-0.25, -0.2) is 4.39 Å². The molecule has 0 spiro atoms. The normalized spacial score (nSPS) is 19.7. The highest BCUT2D eigenvalue weighted by Crippen LogP contribution is 2.32. The Kier molecular flexibility index (Phi) is 3.95. The maximum absolute atomic E-state index is 13.0. The van der Waals surface area contributed by atoms with Crippen LogP contribution < -0.4 is 5.73 Å². The van der Waals surface area contributed by atoms with Crippen molar-refractivity contribution in [2.45, 2.75) is 18.9 Å². The van der Waals surface area contributed by atoms with Crippen molar-refractivity contribution in [3.63, 3.8) is 0 Å². The van der Waals surface area contributed by atoms with Crippen LogP contribution >= 0.6 is 15.9 Å². The first kappa shape index (κ1) is 12.0. The molecule has 0 saturated carbocycles. The van der Waals surface area contributed by atoms with E-state index in [1.54, 1.807) is 6.07 Å². The summed E-state index contributed by atoms with van der Waals surface area (Å²) < 4.78 is 19.0. The summed E-state index contributed by atoms with van der Waals surface area (Å²) in [5.74, 6) is 0.185. The second-order valence-electron chi connectivity index (χ2n) is 4.14. The highest BCUT2D eigenvalue weighted by Gasteiger charge is 2.23. The summed E-state index contributed by atoms with van der Waals surface area (Å²) in [6, 6.07) is 4.65. The summed E-state index contributed by atoms with van der Waals surface area (Å²) in [5.41, 5.74) is 7.19. The topological polar surface area (TPSA) is 35.2 Å². The molecular weight excluding hydrogens is 273 g/mol. The molecular formula is C12H15BrFNO. The Morgan fingerprint density at radius 1 is 1.38 bits per heavy atom. The van der Waals surface area contributed by atoms with Crippen LogP contribution in [0.4, 0.5) is 4.39 Å². The van der Waals surface area contributed by atoms with Crippen LogP contribution in [-0.4, -0.2) is 13.2 Å². The highest BCUT2D eigenvalue weighted by atomic mass is 79.9. The SMILES string of the molecule is N[C@@H](c1ccc(F)cc1Br)C1CCOCC1. The van der Waals surface area contributed by atoms with Gasteiger partial charge in [0.25, 0.3) is 0 Å². The second kappa shape index (κ2) is 5.25. The number of rotatable bonds is 2. The minimum Gasteiger partial charge on any atom is -0.381 e. The van der Waals surface area contributed by atoms with E-state index in [0.717, 1.165) is 36.1 Å². The van der Waals surface area contributed by atoms with Gasteiger partial charge in [0.1, 0.15) is 5.82 Å². The number of benzene rings is 1. The maximum atomic E-state index is 13.0. The van der Waals surface area contributed by atoms with Crippen LogP contribution in [0.25, 0.3) is 0 Å². The van der Waals surface area contributed by atoms with Crippen LogP contribution in [0, 0.1) is 11.7 Å². The predicted octanol–water partition coefficient (Wildman–Crippen LogP) is 3.01. The van der Waals surface area contributed by atoms with Gasteiger partial charge in [-0.3, -0.25) is 0 Å². The Bertz CT molecular complexity index is 366. The van der Waals surface area contributed by atoms with E-state index in [1.165, 1.54) is 12.1 Å². The zero-order valence-corrected chi connectivity index (χ0v) is 10.5. The molecule has 1 fully saturated rings. The largest absolute Gasteiger partial charge is 0.381 e. The fourth-order valence-electron chi connectivity index (χ4n) is 2.10. The van der Waals surface area contributed by atoms with E-state index in [-0.39, 0.29) is 11.9 Å². The molecule has 16 heavy (non-hydrogen) atoms. The zero-order chi connectivity index (χ0) is 11.5. The van der Waals surface area contributed by atoms with Crippen LogP contribution in [-0.2, 0) is 4.74 Å². The molecule has 0 aliphatic carbocycles. The molecule has 0 bridgehead atoms.